The summed E-state index contributed by atoms with van der Waals surface area (Å²) in [5, 5.41) is 9.51. The third kappa shape index (κ3) is 25.4. The number of carbonyl (C=O) groups is 2. The molecule has 254 valence electrons. The Balaban J connectivity index is 1.94. The number of rotatable bonds is 30. The number of hydrogen-bond acceptors (Lipinski definition) is 6. The highest BCUT2D eigenvalue weighted by Crippen LogP contribution is 2.30. The molecular formula is C38H66O6. The fraction of sp³-hybridized carbons (Fsp3) is 0.789. The summed E-state index contributed by atoms with van der Waals surface area (Å²) in [5.74, 6) is 0.147. The Labute approximate surface area is 270 Å². The van der Waals surface area contributed by atoms with Gasteiger partial charge in [-0.25, -0.2) is 0 Å². The van der Waals surface area contributed by atoms with Crippen molar-refractivity contribution in [3.8, 4) is 0 Å². The van der Waals surface area contributed by atoms with E-state index < -0.39 is 6.10 Å². The molecule has 3 atom stereocenters. The van der Waals surface area contributed by atoms with Gasteiger partial charge in [0.2, 0.25) is 0 Å². The second-order valence-corrected chi connectivity index (χ2v) is 12.8. The number of esters is 2. The molecule has 1 N–H and O–H groups in total. The van der Waals surface area contributed by atoms with Crippen molar-refractivity contribution >= 4 is 11.9 Å². The molecule has 0 radical (unpaired) electrons. The lowest BCUT2D eigenvalue weighted by atomic mass is 10.0. The van der Waals surface area contributed by atoms with Gasteiger partial charge in [0.15, 0.2) is 6.10 Å². The predicted molar refractivity (Wildman–Crippen MR) is 181 cm³/mol. The van der Waals surface area contributed by atoms with Gasteiger partial charge in [-0.1, -0.05) is 134 Å². The van der Waals surface area contributed by atoms with Gasteiger partial charge in [-0.3, -0.25) is 9.59 Å². The van der Waals surface area contributed by atoms with Crippen LogP contribution in [0.25, 0.3) is 0 Å². The first kappa shape index (κ1) is 40.1. The molecule has 1 heterocycles. The number of epoxide rings is 1. The van der Waals surface area contributed by atoms with Crippen LogP contribution in [0.5, 0.6) is 0 Å². The Morgan fingerprint density at radius 3 is 2.00 bits per heavy atom. The summed E-state index contributed by atoms with van der Waals surface area (Å²) < 4.78 is 16.2. The maximum absolute atomic E-state index is 12.1. The van der Waals surface area contributed by atoms with E-state index in [1.54, 1.807) is 0 Å². The zero-order valence-electron chi connectivity index (χ0n) is 28.5. The average molecular weight is 619 g/mol. The zero-order chi connectivity index (χ0) is 32.1. The SMILES string of the molecule is CCCCCC1OC1C/C=C\C/C=C\C/C=C\CCCC(=O)OC[C@H](CO)OC(=O)CCCCCCCCCCCC(C)C. The molecule has 2 unspecified atom stereocenters. The van der Waals surface area contributed by atoms with Crippen molar-refractivity contribution in [3.63, 3.8) is 0 Å². The smallest absolute Gasteiger partial charge is 0.306 e. The van der Waals surface area contributed by atoms with Gasteiger partial charge in [0.25, 0.3) is 0 Å². The maximum atomic E-state index is 12.1. The molecule has 0 spiro atoms. The molecule has 1 fully saturated rings. The van der Waals surface area contributed by atoms with Crippen molar-refractivity contribution in [1.82, 2.24) is 0 Å². The van der Waals surface area contributed by atoms with Crippen LogP contribution in [-0.4, -0.2) is 48.6 Å². The van der Waals surface area contributed by atoms with Crippen LogP contribution in [0.15, 0.2) is 36.5 Å². The highest BCUT2D eigenvalue weighted by atomic mass is 16.6. The lowest BCUT2D eigenvalue weighted by molar-refractivity contribution is -0.161. The minimum Gasteiger partial charge on any atom is -0.462 e. The first-order valence-electron chi connectivity index (χ1n) is 18.0. The van der Waals surface area contributed by atoms with Gasteiger partial charge < -0.3 is 19.3 Å². The van der Waals surface area contributed by atoms with Crippen molar-refractivity contribution in [2.75, 3.05) is 13.2 Å². The van der Waals surface area contributed by atoms with Crippen LogP contribution in [-0.2, 0) is 23.8 Å². The number of ether oxygens (including phenoxy) is 3. The lowest BCUT2D eigenvalue weighted by Gasteiger charge is -2.15. The van der Waals surface area contributed by atoms with Crippen LogP contribution in [0, 0.1) is 5.92 Å². The third-order valence-corrected chi connectivity index (χ3v) is 8.04. The highest BCUT2D eigenvalue weighted by Gasteiger charge is 2.36. The number of hydrogen-bond donors (Lipinski definition) is 1. The van der Waals surface area contributed by atoms with E-state index >= 15 is 0 Å². The van der Waals surface area contributed by atoms with Crippen molar-refractivity contribution in [2.45, 2.75) is 174 Å². The van der Waals surface area contributed by atoms with E-state index in [4.69, 9.17) is 14.2 Å². The van der Waals surface area contributed by atoms with E-state index in [-0.39, 0.29) is 25.2 Å². The van der Waals surface area contributed by atoms with E-state index in [9.17, 15) is 14.7 Å². The minimum absolute atomic E-state index is 0.0967. The van der Waals surface area contributed by atoms with Gasteiger partial charge >= 0.3 is 11.9 Å². The molecule has 0 bridgehead atoms. The molecule has 1 aliphatic heterocycles. The first-order valence-corrected chi connectivity index (χ1v) is 18.0. The van der Waals surface area contributed by atoms with Crippen molar-refractivity contribution in [2.24, 2.45) is 5.92 Å². The van der Waals surface area contributed by atoms with E-state index in [0.29, 0.717) is 31.5 Å². The lowest BCUT2D eigenvalue weighted by Crippen LogP contribution is -2.28. The van der Waals surface area contributed by atoms with E-state index in [0.717, 1.165) is 50.9 Å². The topological polar surface area (TPSA) is 85.4 Å². The summed E-state index contributed by atoms with van der Waals surface area (Å²) in [5.41, 5.74) is 0. The van der Waals surface area contributed by atoms with Gasteiger partial charge in [-0.2, -0.15) is 0 Å². The Morgan fingerprint density at radius 1 is 0.727 bits per heavy atom. The fourth-order valence-electron chi connectivity index (χ4n) is 5.18. The van der Waals surface area contributed by atoms with E-state index in [1.807, 2.05) is 0 Å². The molecular weight excluding hydrogens is 552 g/mol. The van der Waals surface area contributed by atoms with E-state index in [2.05, 4.69) is 57.2 Å². The van der Waals surface area contributed by atoms with Crippen LogP contribution in [0.3, 0.4) is 0 Å². The molecule has 6 nitrogen and oxygen atoms in total. The van der Waals surface area contributed by atoms with Gasteiger partial charge in [0.1, 0.15) is 6.61 Å². The van der Waals surface area contributed by atoms with E-state index in [1.165, 1.54) is 70.6 Å². The van der Waals surface area contributed by atoms with Crippen molar-refractivity contribution < 1.29 is 28.9 Å². The van der Waals surface area contributed by atoms with Crippen LogP contribution in [0.2, 0.25) is 0 Å². The summed E-state index contributed by atoms with van der Waals surface area (Å²) >= 11 is 0. The van der Waals surface area contributed by atoms with Crippen LogP contribution >= 0.6 is 0 Å². The monoisotopic (exact) mass is 618 g/mol. The molecule has 1 aliphatic rings. The second-order valence-electron chi connectivity index (χ2n) is 12.8. The number of carbonyl (C=O) groups excluding carboxylic acids is 2. The Hall–Kier alpha value is -1.92. The van der Waals surface area contributed by atoms with Crippen LogP contribution < -0.4 is 0 Å². The standard InChI is InChI=1S/C38H66O6/c1-4-5-21-27-35-36(44-35)28-23-18-14-10-6-7-11-15-19-24-29-37(40)42-32-34(31-39)43-38(41)30-25-20-16-12-8-9-13-17-22-26-33(2)3/h6,10-11,15,18,23,33-36,39H,4-5,7-9,12-14,16-17,19-22,24-32H2,1-3H3/b10-6-,15-11-,23-18-/t34-,35?,36?/m0/s1. The quantitative estimate of drug-likeness (QED) is 0.0373. The largest absolute Gasteiger partial charge is 0.462 e. The number of allylic oxidation sites excluding steroid dienone is 5. The Kier molecular flexibility index (Phi) is 26.0. The van der Waals surface area contributed by atoms with Crippen molar-refractivity contribution in [1.29, 1.82) is 0 Å². The van der Waals surface area contributed by atoms with Gasteiger partial charge in [-0.05, 0) is 50.9 Å². The predicted octanol–water partition coefficient (Wildman–Crippen LogP) is 9.74. The van der Waals surface area contributed by atoms with Gasteiger partial charge in [0.05, 0.1) is 18.8 Å². The third-order valence-electron chi connectivity index (χ3n) is 8.04. The molecule has 0 aliphatic carbocycles. The highest BCUT2D eigenvalue weighted by molar-refractivity contribution is 5.70. The number of unbranched alkanes of at least 4 members (excludes halogenated alkanes) is 11. The molecule has 0 aromatic carbocycles. The number of aliphatic hydroxyl groups excluding tert-OH is 1. The summed E-state index contributed by atoms with van der Waals surface area (Å²) in [7, 11) is 0. The van der Waals surface area contributed by atoms with Crippen LogP contribution in [0.1, 0.15) is 156 Å². The minimum atomic E-state index is -0.793. The molecule has 1 rings (SSSR count). The summed E-state index contributed by atoms with van der Waals surface area (Å²) in [6.07, 6.45) is 35.3. The Bertz CT molecular complexity index is 786. The maximum Gasteiger partial charge on any atom is 0.306 e. The van der Waals surface area contributed by atoms with Gasteiger partial charge in [-0.15, -0.1) is 0 Å². The molecule has 0 saturated carbocycles. The molecule has 0 amide bonds. The van der Waals surface area contributed by atoms with Crippen molar-refractivity contribution in [3.05, 3.63) is 36.5 Å². The first-order chi connectivity index (χ1) is 21.5. The molecule has 0 aromatic heterocycles. The fourth-order valence-corrected chi connectivity index (χ4v) is 5.18. The van der Waals surface area contributed by atoms with Crippen LogP contribution in [0.4, 0.5) is 0 Å². The average Bonchev–Trinajstić information content (AvgIpc) is 3.76. The second kappa shape index (κ2) is 28.5. The zero-order valence-corrected chi connectivity index (χ0v) is 28.5. The molecule has 0 aromatic rings. The molecule has 44 heavy (non-hydrogen) atoms. The molecule has 1 saturated heterocycles. The Morgan fingerprint density at radius 2 is 1.34 bits per heavy atom. The summed E-state index contributed by atoms with van der Waals surface area (Å²) in [6, 6.07) is 0. The molecule has 6 heteroatoms. The van der Waals surface area contributed by atoms with Gasteiger partial charge in [0, 0.05) is 12.8 Å². The summed E-state index contributed by atoms with van der Waals surface area (Å²) in [4.78, 5) is 24.1. The normalized spacial score (nSPS) is 17.3. The number of aliphatic hydroxyl groups is 1. The summed E-state index contributed by atoms with van der Waals surface area (Å²) in [6.45, 7) is 6.35.